The Labute approximate surface area is 114 Å². The first-order valence-corrected chi connectivity index (χ1v) is 6.93. The average Bonchev–Trinajstić information content (AvgIpc) is 2.46. The summed E-state index contributed by atoms with van der Waals surface area (Å²) < 4.78 is 5.63. The summed E-state index contributed by atoms with van der Waals surface area (Å²) in [6.45, 7) is 5.56. The van der Waals surface area contributed by atoms with Crippen molar-refractivity contribution in [1.82, 2.24) is 0 Å². The van der Waals surface area contributed by atoms with Crippen LogP contribution < -0.4 is 4.90 Å². The first-order valence-electron chi connectivity index (χ1n) is 6.93. The molecule has 1 aliphatic heterocycles. The summed E-state index contributed by atoms with van der Waals surface area (Å²) >= 11 is 0. The SMILES string of the molecule is CCC(O)c1ccc(N2CC(C)OC(CO)C2)cc1. The van der Waals surface area contributed by atoms with Crippen LogP contribution >= 0.6 is 0 Å². The van der Waals surface area contributed by atoms with Gasteiger partial charge in [0.15, 0.2) is 0 Å². The molecule has 1 heterocycles. The van der Waals surface area contributed by atoms with E-state index >= 15 is 0 Å². The number of anilines is 1. The molecule has 1 saturated heterocycles. The first-order chi connectivity index (χ1) is 9.13. The molecule has 0 saturated carbocycles. The van der Waals surface area contributed by atoms with E-state index in [1.54, 1.807) is 0 Å². The van der Waals surface area contributed by atoms with E-state index in [4.69, 9.17) is 4.74 Å². The van der Waals surface area contributed by atoms with Gasteiger partial charge in [-0.05, 0) is 31.0 Å². The van der Waals surface area contributed by atoms with Crippen molar-refractivity contribution < 1.29 is 14.9 Å². The Morgan fingerprint density at radius 1 is 1.32 bits per heavy atom. The van der Waals surface area contributed by atoms with Crippen molar-refractivity contribution in [2.45, 2.75) is 38.6 Å². The molecule has 1 fully saturated rings. The normalized spacial score (nSPS) is 25.4. The van der Waals surface area contributed by atoms with Crippen LogP contribution in [-0.4, -0.2) is 42.1 Å². The van der Waals surface area contributed by atoms with Gasteiger partial charge in [0.25, 0.3) is 0 Å². The molecular formula is C15H23NO3. The number of benzene rings is 1. The van der Waals surface area contributed by atoms with Gasteiger partial charge < -0.3 is 19.8 Å². The van der Waals surface area contributed by atoms with Crippen molar-refractivity contribution in [2.75, 3.05) is 24.6 Å². The van der Waals surface area contributed by atoms with Gasteiger partial charge >= 0.3 is 0 Å². The molecule has 0 spiro atoms. The van der Waals surface area contributed by atoms with E-state index in [1.165, 1.54) is 0 Å². The third-order valence-corrected chi connectivity index (χ3v) is 3.56. The molecule has 3 unspecified atom stereocenters. The van der Waals surface area contributed by atoms with Crippen molar-refractivity contribution in [3.8, 4) is 0 Å². The van der Waals surface area contributed by atoms with Crippen LogP contribution in [0.1, 0.15) is 31.9 Å². The van der Waals surface area contributed by atoms with Crippen molar-refractivity contribution in [1.29, 1.82) is 0 Å². The van der Waals surface area contributed by atoms with Crippen LogP contribution in [0.3, 0.4) is 0 Å². The van der Waals surface area contributed by atoms with Crippen molar-refractivity contribution in [3.63, 3.8) is 0 Å². The van der Waals surface area contributed by atoms with Crippen LogP contribution in [-0.2, 0) is 4.74 Å². The van der Waals surface area contributed by atoms with Crippen LogP contribution in [0.5, 0.6) is 0 Å². The summed E-state index contributed by atoms with van der Waals surface area (Å²) in [4.78, 5) is 2.22. The van der Waals surface area contributed by atoms with Gasteiger partial charge in [-0.25, -0.2) is 0 Å². The molecule has 1 aromatic rings. The zero-order valence-corrected chi connectivity index (χ0v) is 11.6. The molecule has 2 rings (SSSR count). The molecule has 0 bridgehead atoms. The minimum atomic E-state index is -0.386. The molecule has 4 nitrogen and oxygen atoms in total. The van der Waals surface area contributed by atoms with Gasteiger partial charge in [0.2, 0.25) is 0 Å². The molecule has 2 N–H and O–H groups in total. The second kappa shape index (κ2) is 6.37. The Kier molecular flexibility index (Phi) is 4.80. The number of aliphatic hydroxyl groups is 2. The molecule has 106 valence electrons. The molecule has 1 aromatic carbocycles. The highest BCUT2D eigenvalue weighted by Gasteiger charge is 2.24. The molecule has 19 heavy (non-hydrogen) atoms. The Balaban J connectivity index is 2.08. The zero-order chi connectivity index (χ0) is 13.8. The maximum atomic E-state index is 9.79. The van der Waals surface area contributed by atoms with Crippen LogP contribution in [0.2, 0.25) is 0 Å². The summed E-state index contributed by atoms with van der Waals surface area (Å²) in [6.07, 6.45) is 0.333. The van der Waals surface area contributed by atoms with Crippen LogP contribution in [0.15, 0.2) is 24.3 Å². The average molecular weight is 265 g/mol. The molecular weight excluding hydrogens is 242 g/mol. The number of morpholine rings is 1. The lowest BCUT2D eigenvalue weighted by Gasteiger charge is -2.37. The standard InChI is InChI=1S/C15H23NO3/c1-3-15(18)12-4-6-13(7-5-12)16-8-11(2)19-14(9-16)10-17/h4-7,11,14-15,17-18H,3,8-10H2,1-2H3. The molecule has 4 heteroatoms. The first kappa shape index (κ1) is 14.3. The second-order valence-corrected chi connectivity index (χ2v) is 5.17. The van der Waals surface area contributed by atoms with Gasteiger partial charge in [0, 0.05) is 18.8 Å². The minimum Gasteiger partial charge on any atom is -0.394 e. The summed E-state index contributed by atoms with van der Waals surface area (Å²) in [5.74, 6) is 0. The smallest absolute Gasteiger partial charge is 0.0984 e. The number of ether oxygens (including phenoxy) is 1. The summed E-state index contributed by atoms with van der Waals surface area (Å²) in [7, 11) is 0. The Hall–Kier alpha value is -1.10. The minimum absolute atomic E-state index is 0.0491. The number of nitrogens with zero attached hydrogens (tertiary/aromatic N) is 1. The third-order valence-electron chi connectivity index (χ3n) is 3.56. The Bertz CT molecular complexity index is 393. The van der Waals surface area contributed by atoms with Crippen molar-refractivity contribution in [2.24, 2.45) is 0 Å². The number of aliphatic hydroxyl groups excluding tert-OH is 2. The topological polar surface area (TPSA) is 52.9 Å². The molecule has 0 aliphatic carbocycles. The van der Waals surface area contributed by atoms with Gasteiger partial charge in [-0.15, -0.1) is 0 Å². The number of rotatable bonds is 4. The summed E-state index contributed by atoms with van der Waals surface area (Å²) in [5, 5.41) is 19.0. The monoisotopic (exact) mass is 265 g/mol. The predicted octanol–water partition coefficient (Wildman–Crippen LogP) is 1.72. The van der Waals surface area contributed by atoms with Gasteiger partial charge in [0.1, 0.15) is 0 Å². The van der Waals surface area contributed by atoms with E-state index in [0.29, 0.717) is 6.54 Å². The Morgan fingerprint density at radius 2 is 2.00 bits per heavy atom. The van der Waals surface area contributed by atoms with Crippen molar-refractivity contribution >= 4 is 5.69 Å². The Morgan fingerprint density at radius 3 is 2.58 bits per heavy atom. The fourth-order valence-corrected chi connectivity index (χ4v) is 2.50. The summed E-state index contributed by atoms with van der Waals surface area (Å²) in [5.41, 5.74) is 2.06. The molecule has 0 aromatic heterocycles. The van der Waals surface area contributed by atoms with Gasteiger partial charge in [0.05, 0.1) is 24.9 Å². The molecule has 3 atom stereocenters. The van der Waals surface area contributed by atoms with Crippen molar-refractivity contribution in [3.05, 3.63) is 29.8 Å². The van der Waals surface area contributed by atoms with E-state index in [-0.39, 0.29) is 24.9 Å². The van der Waals surface area contributed by atoms with E-state index in [0.717, 1.165) is 24.2 Å². The number of hydrogen-bond acceptors (Lipinski definition) is 4. The quantitative estimate of drug-likeness (QED) is 0.870. The molecule has 1 aliphatic rings. The van der Waals surface area contributed by atoms with Crippen LogP contribution in [0.25, 0.3) is 0 Å². The fourth-order valence-electron chi connectivity index (χ4n) is 2.50. The lowest BCUT2D eigenvalue weighted by Crippen LogP contribution is -2.48. The highest BCUT2D eigenvalue weighted by atomic mass is 16.5. The maximum Gasteiger partial charge on any atom is 0.0984 e. The van der Waals surface area contributed by atoms with E-state index < -0.39 is 0 Å². The predicted molar refractivity (Wildman–Crippen MR) is 75.3 cm³/mol. The third kappa shape index (κ3) is 3.47. The van der Waals surface area contributed by atoms with E-state index in [1.807, 2.05) is 38.1 Å². The zero-order valence-electron chi connectivity index (χ0n) is 11.6. The maximum absolute atomic E-state index is 9.79. The lowest BCUT2D eigenvalue weighted by molar-refractivity contribution is -0.0421. The second-order valence-electron chi connectivity index (χ2n) is 5.17. The molecule has 0 amide bonds. The van der Waals surface area contributed by atoms with Crippen LogP contribution in [0.4, 0.5) is 5.69 Å². The summed E-state index contributed by atoms with van der Waals surface area (Å²) in [6, 6.07) is 8.00. The van der Waals surface area contributed by atoms with Gasteiger partial charge in [-0.1, -0.05) is 19.1 Å². The highest BCUT2D eigenvalue weighted by Crippen LogP contribution is 2.23. The van der Waals surface area contributed by atoms with E-state index in [9.17, 15) is 10.2 Å². The molecule has 0 radical (unpaired) electrons. The van der Waals surface area contributed by atoms with E-state index in [2.05, 4.69) is 4.90 Å². The largest absolute Gasteiger partial charge is 0.394 e. The van der Waals surface area contributed by atoms with Crippen LogP contribution in [0, 0.1) is 0 Å². The van der Waals surface area contributed by atoms with Gasteiger partial charge in [-0.3, -0.25) is 0 Å². The fraction of sp³-hybridized carbons (Fsp3) is 0.600. The lowest BCUT2D eigenvalue weighted by atomic mass is 10.1. The van der Waals surface area contributed by atoms with Gasteiger partial charge in [-0.2, -0.15) is 0 Å². The highest BCUT2D eigenvalue weighted by molar-refractivity contribution is 5.48. The number of hydrogen-bond donors (Lipinski definition) is 2.